The molecule has 2 N–H and O–H groups in total. The highest BCUT2D eigenvalue weighted by molar-refractivity contribution is 5.78. The van der Waals surface area contributed by atoms with Crippen molar-refractivity contribution in [3.05, 3.63) is 36.2 Å². The van der Waals surface area contributed by atoms with Gasteiger partial charge in [0.15, 0.2) is 5.82 Å². The summed E-state index contributed by atoms with van der Waals surface area (Å²) in [5, 5.41) is 0. The summed E-state index contributed by atoms with van der Waals surface area (Å²) in [6.45, 7) is 4.95. The van der Waals surface area contributed by atoms with Crippen molar-refractivity contribution in [3.63, 3.8) is 0 Å². The van der Waals surface area contributed by atoms with E-state index in [2.05, 4.69) is 14.8 Å². The Balaban J connectivity index is 1.58. The second-order valence-corrected chi connectivity index (χ2v) is 8.59. The Morgan fingerprint density at radius 3 is 2.42 bits per heavy atom. The van der Waals surface area contributed by atoms with Crippen molar-refractivity contribution in [1.29, 1.82) is 0 Å². The number of rotatable bonds is 6. The van der Waals surface area contributed by atoms with E-state index in [0.29, 0.717) is 61.6 Å². The summed E-state index contributed by atoms with van der Waals surface area (Å²) in [5.74, 6) is 2.00. The summed E-state index contributed by atoms with van der Waals surface area (Å²) in [7, 11) is 0. The van der Waals surface area contributed by atoms with Crippen molar-refractivity contribution in [2.75, 3.05) is 55.7 Å². The molecule has 1 aromatic carbocycles. The molecular weight excluding hydrogens is 428 g/mol. The van der Waals surface area contributed by atoms with Gasteiger partial charge in [0, 0.05) is 32.2 Å². The lowest BCUT2D eigenvalue weighted by atomic mass is 9.94. The van der Waals surface area contributed by atoms with Crippen LogP contribution in [0.15, 0.2) is 30.3 Å². The zero-order valence-corrected chi connectivity index (χ0v) is 18.5. The van der Waals surface area contributed by atoms with Crippen LogP contribution in [0.4, 0.5) is 20.5 Å². The molecule has 5 rings (SSSR count). The largest absolute Gasteiger partial charge is 0.378 e. The second-order valence-electron chi connectivity index (χ2n) is 8.59. The number of alkyl halides is 2. The SMILES string of the molecule is NCCC1CCN(c2nc(N3CCOCC3)cc(-n3c(C(F)F)nc4ccccc43)n2)CC1. The number of para-hydroxylation sites is 2. The monoisotopic (exact) mass is 457 g/mol. The smallest absolute Gasteiger partial charge is 0.296 e. The fourth-order valence-electron chi connectivity index (χ4n) is 4.71. The first kappa shape index (κ1) is 22.0. The highest BCUT2D eigenvalue weighted by atomic mass is 19.3. The van der Waals surface area contributed by atoms with E-state index in [1.54, 1.807) is 24.3 Å². The lowest BCUT2D eigenvalue weighted by molar-refractivity contribution is 0.122. The maximum Gasteiger partial charge on any atom is 0.296 e. The van der Waals surface area contributed by atoms with Gasteiger partial charge in [0.25, 0.3) is 6.43 Å². The lowest BCUT2D eigenvalue weighted by Gasteiger charge is -2.33. The Hall–Kier alpha value is -2.85. The van der Waals surface area contributed by atoms with Crippen molar-refractivity contribution in [1.82, 2.24) is 19.5 Å². The minimum atomic E-state index is -2.73. The molecule has 3 aromatic rings. The molecule has 0 saturated carbocycles. The van der Waals surface area contributed by atoms with Crippen LogP contribution >= 0.6 is 0 Å². The van der Waals surface area contributed by atoms with Crippen molar-refractivity contribution in [3.8, 4) is 5.82 Å². The standard InChI is InChI=1S/C23H29F2N7O/c24-21(25)22-27-17-3-1-2-4-18(17)32(22)20-15-19(30-11-13-33-14-12-30)28-23(29-20)31-9-6-16(5-8-26)7-10-31/h1-4,15-16,21H,5-14,26H2. The fourth-order valence-corrected chi connectivity index (χ4v) is 4.71. The van der Waals surface area contributed by atoms with Crippen LogP contribution in [0.2, 0.25) is 0 Å². The van der Waals surface area contributed by atoms with Crippen LogP contribution in [0.25, 0.3) is 16.9 Å². The van der Waals surface area contributed by atoms with Gasteiger partial charge in [-0.15, -0.1) is 0 Å². The number of anilines is 2. The van der Waals surface area contributed by atoms with E-state index in [0.717, 1.165) is 38.2 Å². The van der Waals surface area contributed by atoms with Crippen LogP contribution in [0.5, 0.6) is 0 Å². The molecule has 0 bridgehead atoms. The average molecular weight is 458 g/mol. The number of piperidine rings is 1. The second kappa shape index (κ2) is 9.56. The van der Waals surface area contributed by atoms with E-state index >= 15 is 0 Å². The van der Waals surface area contributed by atoms with Crippen LogP contribution in [0.1, 0.15) is 31.5 Å². The Kier molecular flexibility index (Phi) is 6.37. The van der Waals surface area contributed by atoms with Gasteiger partial charge in [0.1, 0.15) is 11.6 Å². The number of nitrogens with two attached hydrogens (primary N) is 1. The molecule has 2 fully saturated rings. The number of morpholine rings is 1. The molecule has 2 aliphatic rings. The molecule has 0 radical (unpaired) electrons. The number of halogens is 2. The molecule has 2 aliphatic heterocycles. The summed E-state index contributed by atoms with van der Waals surface area (Å²) >= 11 is 0. The fraction of sp³-hybridized carbons (Fsp3) is 0.522. The normalized spacial score (nSPS) is 17.9. The van der Waals surface area contributed by atoms with Gasteiger partial charge in [0.2, 0.25) is 5.95 Å². The number of hydrogen-bond acceptors (Lipinski definition) is 7. The van der Waals surface area contributed by atoms with E-state index in [-0.39, 0.29) is 5.82 Å². The molecule has 0 atom stereocenters. The number of nitrogens with zero attached hydrogens (tertiary/aromatic N) is 6. The van der Waals surface area contributed by atoms with Crippen molar-refractivity contribution >= 4 is 22.8 Å². The van der Waals surface area contributed by atoms with Crippen LogP contribution in [0.3, 0.4) is 0 Å². The van der Waals surface area contributed by atoms with Gasteiger partial charge in [-0.1, -0.05) is 12.1 Å². The number of hydrogen-bond donors (Lipinski definition) is 1. The summed E-state index contributed by atoms with van der Waals surface area (Å²) < 4.78 is 35.0. The molecule has 0 aliphatic carbocycles. The number of ether oxygens (including phenoxy) is 1. The zero-order valence-electron chi connectivity index (χ0n) is 18.5. The maximum absolute atomic E-state index is 14.0. The molecule has 4 heterocycles. The first-order valence-corrected chi connectivity index (χ1v) is 11.6. The Morgan fingerprint density at radius 1 is 0.970 bits per heavy atom. The maximum atomic E-state index is 14.0. The lowest BCUT2D eigenvalue weighted by Crippen LogP contribution is -2.38. The Labute approximate surface area is 191 Å². The van der Waals surface area contributed by atoms with Crippen molar-refractivity contribution < 1.29 is 13.5 Å². The average Bonchev–Trinajstić information content (AvgIpc) is 3.25. The van der Waals surface area contributed by atoms with Gasteiger partial charge >= 0.3 is 0 Å². The molecule has 10 heteroatoms. The first-order valence-electron chi connectivity index (χ1n) is 11.6. The van der Waals surface area contributed by atoms with Crippen molar-refractivity contribution in [2.24, 2.45) is 11.7 Å². The first-order chi connectivity index (χ1) is 16.1. The third-order valence-corrected chi connectivity index (χ3v) is 6.51. The predicted octanol–water partition coefficient (Wildman–Crippen LogP) is 3.15. The number of imidazole rings is 1. The highest BCUT2D eigenvalue weighted by Crippen LogP contribution is 2.31. The predicted molar refractivity (Wildman–Crippen MR) is 123 cm³/mol. The van der Waals surface area contributed by atoms with E-state index in [4.69, 9.17) is 20.4 Å². The van der Waals surface area contributed by atoms with Gasteiger partial charge in [-0.05, 0) is 43.9 Å². The van der Waals surface area contributed by atoms with E-state index < -0.39 is 6.43 Å². The van der Waals surface area contributed by atoms with Crippen LogP contribution in [-0.2, 0) is 4.74 Å². The van der Waals surface area contributed by atoms with E-state index in [1.165, 1.54) is 4.57 Å². The number of aromatic nitrogens is 4. The minimum Gasteiger partial charge on any atom is -0.378 e. The summed E-state index contributed by atoms with van der Waals surface area (Å²) in [5.41, 5.74) is 6.86. The summed E-state index contributed by atoms with van der Waals surface area (Å²) in [6.07, 6.45) is 0.337. The van der Waals surface area contributed by atoms with Crippen LogP contribution in [0, 0.1) is 5.92 Å². The van der Waals surface area contributed by atoms with Crippen molar-refractivity contribution in [2.45, 2.75) is 25.7 Å². The van der Waals surface area contributed by atoms with Gasteiger partial charge in [0.05, 0.1) is 24.2 Å². The Bertz CT molecular complexity index is 1090. The summed E-state index contributed by atoms with van der Waals surface area (Å²) in [6, 6.07) is 8.94. The molecule has 0 amide bonds. The highest BCUT2D eigenvalue weighted by Gasteiger charge is 2.26. The Morgan fingerprint density at radius 2 is 1.70 bits per heavy atom. The number of benzene rings is 1. The molecular formula is C23H29F2N7O. The van der Waals surface area contributed by atoms with E-state index in [1.807, 2.05) is 6.07 Å². The van der Waals surface area contributed by atoms with Gasteiger partial charge < -0.3 is 20.3 Å². The molecule has 0 unspecified atom stereocenters. The third-order valence-electron chi connectivity index (χ3n) is 6.51. The molecule has 8 nitrogen and oxygen atoms in total. The van der Waals surface area contributed by atoms with Gasteiger partial charge in [-0.25, -0.2) is 13.8 Å². The van der Waals surface area contributed by atoms with Crippen LogP contribution in [-0.4, -0.2) is 65.5 Å². The minimum absolute atomic E-state index is 0.310. The molecule has 2 saturated heterocycles. The zero-order chi connectivity index (χ0) is 22.8. The van der Waals surface area contributed by atoms with E-state index in [9.17, 15) is 8.78 Å². The molecule has 0 spiro atoms. The van der Waals surface area contributed by atoms with Crippen LogP contribution < -0.4 is 15.5 Å². The molecule has 2 aromatic heterocycles. The summed E-state index contributed by atoms with van der Waals surface area (Å²) in [4.78, 5) is 18.1. The molecule has 33 heavy (non-hydrogen) atoms. The number of fused-ring (bicyclic) bond motifs is 1. The van der Waals surface area contributed by atoms with Gasteiger partial charge in [-0.2, -0.15) is 9.97 Å². The third kappa shape index (κ3) is 4.49. The quantitative estimate of drug-likeness (QED) is 0.609. The van der Waals surface area contributed by atoms with Gasteiger partial charge in [-0.3, -0.25) is 4.57 Å². The molecule has 176 valence electrons. The topological polar surface area (TPSA) is 85.3 Å².